The summed E-state index contributed by atoms with van der Waals surface area (Å²) in [7, 11) is -3.13. The van der Waals surface area contributed by atoms with E-state index in [4.69, 9.17) is 19.5 Å². The summed E-state index contributed by atoms with van der Waals surface area (Å²) in [6, 6.07) is 0. The number of aromatic nitrogens is 2. The van der Waals surface area contributed by atoms with Crippen LogP contribution < -0.4 is 0 Å². The Morgan fingerprint density at radius 3 is 2.50 bits per heavy atom. The lowest BCUT2D eigenvalue weighted by Gasteiger charge is -1.98. The Kier molecular flexibility index (Phi) is 6.50. The van der Waals surface area contributed by atoms with E-state index in [-0.39, 0.29) is 19.0 Å². The second kappa shape index (κ2) is 7.07. The molecule has 16 heavy (non-hydrogen) atoms. The van der Waals surface area contributed by atoms with Crippen LogP contribution in [0.5, 0.6) is 0 Å². The third-order valence-corrected chi connectivity index (χ3v) is 1.54. The Morgan fingerprint density at radius 1 is 1.62 bits per heavy atom. The van der Waals surface area contributed by atoms with Gasteiger partial charge >= 0.3 is 14.1 Å². The zero-order valence-electron chi connectivity index (χ0n) is 8.40. The van der Waals surface area contributed by atoms with Gasteiger partial charge in [0.1, 0.15) is 12.7 Å². The molecule has 0 unspecified atom stereocenters. The third-order valence-electron chi connectivity index (χ3n) is 1.54. The molecule has 0 radical (unpaired) electrons. The van der Waals surface area contributed by atoms with Crippen molar-refractivity contribution in [3.8, 4) is 0 Å². The molecule has 1 aromatic heterocycles. The van der Waals surface area contributed by atoms with Crippen molar-refractivity contribution in [2.45, 2.75) is 13.5 Å². The van der Waals surface area contributed by atoms with Crippen LogP contribution in [0.2, 0.25) is 0 Å². The summed E-state index contributed by atoms with van der Waals surface area (Å²) in [5.74, 6) is 0.456. The second-order valence-corrected chi connectivity index (χ2v) is 3.14. The maximum atomic E-state index is 10.4. The molecule has 1 heterocycles. The molecule has 0 atom stereocenters. The van der Waals surface area contributed by atoms with E-state index in [0.717, 1.165) is 0 Å². The highest BCUT2D eigenvalue weighted by molar-refractivity contribution is 7.30. The summed E-state index contributed by atoms with van der Waals surface area (Å²) in [6.45, 7) is 1.74. The van der Waals surface area contributed by atoms with Crippen molar-refractivity contribution in [1.82, 2.24) is 9.55 Å². The van der Waals surface area contributed by atoms with E-state index in [1.165, 1.54) is 10.8 Å². The van der Waals surface area contributed by atoms with Gasteiger partial charge in [0.05, 0.1) is 6.61 Å². The van der Waals surface area contributed by atoms with Crippen LogP contribution in [-0.4, -0.2) is 36.0 Å². The van der Waals surface area contributed by atoms with Gasteiger partial charge in [-0.15, -0.1) is 0 Å². The normalized spacial score (nSPS) is 9.81. The molecule has 0 aliphatic heterocycles. The highest BCUT2D eigenvalue weighted by Crippen LogP contribution is 2.12. The minimum atomic E-state index is -3.13. The van der Waals surface area contributed by atoms with Gasteiger partial charge in [0, 0.05) is 6.92 Å². The molecular weight excluding hydrogens is 241 g/mol. The SMILES string of the molecule is Cc1ncc([N+](=O)[O-])n1CCO.O=[PH](O)O. The number of aliphatic hydroxyl groups is 1. The van der Waals surface area contributed by atoms with E-state index in [0.29, 0.717) is 5.82 Å². The van der Waals surface area contributed by atoms with Crippen LogP contribution in [0.3, 0.4) is 0 Å². The number of hydrogen-bond donors (Lipinski definition) is 3. The summed E-state index contributed by atoms with van der Waals surface area (Å²) in [5.41, 5.74) is 0. The molecule has 0 aliphatic carbocycles. The van der Waals surface area contributed by atoms with Crippen molar-refractivity contribution in [2.75, 3.05) is 6.61 Å². The molecule has 0 saturated carbocycles. The number of rotatable bonds is 3. The first-order valence-electron chi connectivity index (χ1n) is 4.09. The van der Waals surface area contributed by atoms with E-state index in [1.54, 1.807) is 6.92 Å². The van der Waals surface area contributed by atoms with Crippen molar-refractivity contribution in [1.29, 1.82) is 0 Å². The quantitative estimate of drug-likeness (QED) is 0.373. The molecule has 92 valence electrons. The first kappa shape index (κ1) is 14.7. The molecule has 3 N–H and O–H groups in total. The lowest BCUT2D eigenvalue weighted by atomic mass is 10.6. The minimum absolute atomic E-state index is 0.0819. The number of imidazole rings is 1. The molecule has 0 aromatic carbocycles. The molecule has 0 fully saturated rings. The number of nitro groups is 1. The predicted octanol–water partition coefficient (Wildman–Crippen LogP) is -0.547. The number of hydrogen-bond acceptors (Lipinski definition) is 5. The number of aliphatic hydroxyl groups excluding tert-OH is 1. The smallest absolute Gasteiger partial charge is 0.342 e. The van der Waals surface area contributed by atoms with Crippen LogP contribution in [0.1, 0.15) is 5.82 Å². The Hall–Kier alpha value is -1.28. The van der Waals surface area contributed by atoms with Gasteiger partial charge in [-0.25, -0.2) is 9.55 Å². The summed E-state index contributed by atoms with van der Waals surface area (Å²) in [5, 5.41) is 19.0. The fourth-order valence-electron chi connectivity index (χ4n) is 0.978. The predicted molar refractivity (Wildman–Crippen MR) is 54.1 cm³/mol. The zero-order chi connectivity index (χ0) is 12.7. The van der Waals surface area contributed by atoms with Gasteiger partial charge in [-0.1, -0.05) is 0 Å². The maximum Gasteiger partial charge on any atom is 0.342 e. The van der Waals surface area contributed by atoms with Crippen LogP contribution in [-0.2, 0) is 11.1 Å². The van der Waals surface area contributed by atoms with Gasteiger partial charge < -0.3 is 25.0 Å². The van der Waals surface area contributed by atoms with Crippen molar-refractivity contribution in [2.24, 2.45) is 0 Å². The fourth-order valence-corrected chi connectivity index (χ4v) is 0.978. The van der Waals surface area contributed by atoms with Crippen molar-refractivity contribution in [3.63, 3.8) is 0 Å². The first-order valence-corrected chi connectivity index (χ1v) is 5.39. The van der Waals surface area contributed by atoms with Gasteiger partial charge in [0.15, 0.2) is 5.82 Å². The average molecular weight is 253 g/mol. The van der Waals surface area contributed by atoms with Gasteiger partial charge in [-0.05, 0) is 4.92 Å². The third kappa shape index (κ3) is 4.99. The first-order chi connectivity index (χ1) is 7.40. The van der Waals surface area contributed by atoms with E-state index in [1.807, 2.05) is 0 Å². The molecular formula is C6H12N3O6P. The lowest BCUT2D eigenvalue weighted by Crippen LogP contribution is -2.07. The summed E-state index contributed by atoms with van der Waals surface area (Å²) in [6.07, 6.45) is 1.19. The molecule has 1 rings (SSSR count). The van der Waals surface area contributed by atoms with Crippen LogP contribution in [0.15, 0.2) is 6.20 Å². The topological polar surface area (TPSA) is 139 Å². The highest BCUT2D eigenvalue weighted by atomic mass is 31.1. The Balaban J connectivity index is 0.000000487. The fraction of sp³-hybridized carbons (Fsp3) is 0.500. The molecule has 9 nitrogen and oxygen atoms in total. The lowest BCUT2D eigenvalue weighted by molar-refractivity contribution is -0.392. The summed E-state index contributed by atoms with van der Waals surface area (Å²) in [4.78, 5) is 27.9. The Morgan fingerprint density at radius 2 is 2.12 bits per heavy atom. The average Bonchev–Trinajstić information content (AvgIpc) is 2.48. The highest BCUT2D eigenvalue weighted by Gasteiger charge is 2.15. The van der Waals surface area contributed by atoms with E-state index < -0.39 is 13.2 Å². The molecule has 0 spiro atoms. The Labute approximate surface area is 91.1 Å². The molecule has 0 amide bonds. The zero-order valence-corrected chi connectivity index (χ0v) is 9.40. The largest absolute Gasteiger partial charge is 0.392 e. The summed E-state index contributed by atoms with van der Waals surface area (Å²) >= 11 is 0. The van der Waals surface area contributed by atoms with Gasteiger partial charge in [0.2, 0.25) is 0 Å². The van der Waals surface area contributed by atoms with Gasteiger partial charge in [-0.3, -0.25) is 4.57 Å². The molecule has 0 aliphatic rings. The second-order valence-electron chi connectivity index (χ2n) is 2.58. The van der Waals surface area contributed by atoms with Gasteiger partial charge in [0.25, 0.3) is 0 Å². The van der Waals surface area contributed by atoms with Crippen LogP contribution in [0.25, 0.3) is 0 Å². The van der Waals surface area contributed by atoms with Crippen molar-refractivity contribution >= 4 is 14.1 Å². The van der Waals surface area contributed by atoms with Crippen LogP contribution in [0, 0.1) is 17.0 Å². The maximum absolute atomic E-state index is 10.4. The minimum Gasteiger partial charge on any atom is -0.392 e. The number of aryl methyl sites for hydroxylation is 1. The monoisotopic (exact) mass is 253 g/mol. The van der Waals surface area contributed by atoms with Crippen molar-refractivity contribution < 1.29 is 24.4 Å². The van der Waals surface area contributed by atoms with Crippen LogP contribution in [0.4, 0.5) is 5.82 Å². The molecule has 0 bridgehead atoms. The van der Waals surface area contributed by atoms with E-state index in [9.17, 15) is 10.1 Å². The number of nitrogens with zero attached hydrogens (tertiary/aromatic N) is 3. The van der Waals surface area contributed by atoms with E-state index in [2.05, 4.69) is 4.98 Å². The van der Waals surface area contributed by atoms with Gasteiger partial charge in [-0.2, -0.15) is 0 Å². The Bertz CT molecular complexity index is 374. The van der Waals surface area contributed by atoms with Crippen LogP contribution >= 0.6 is 8.25 Å². The molecule has 1 aromatic rings. The molecule has 10 heteroatoms. The van der Waals surface area contributed by atoms with Crippen molar-refractivity contribution in [3.05, 3.63) is 22.1 Å². The standard InChI is InChI=1S/C6H9N3O3.H3O3P/c1-5-7-4-6(9(11)12)8(5)2-3-10;1-4(2)3/h4,10H,2-3H2,1H3;4H,(H2,1,2,3). The summed E-state index contributed by atoms with van der Waals surface area (Å²) < 4.78 is 10.1. The molecule has 0 saturated heterocycles. The van der Waals surface area contributed by atoms with E-state index >= 15 is 0 Å².